The highest BCUT2D eigenvalue weighted by molar-refractivity contribution is 5.85. The molecule has 0 aromatic carbocycles. The number of pyridine rings is 1. The molecule has 0 radical (unpaired) electrons. The molecular weight excluding hydrogens is 170 g/mol. The monoisotopic (exact) mass is 177 g/mol. The van der Waals surface area contributed by atoms with Gasteiger partial charge in [-0.05, 0) is 23.8 Å². The van der Waals surface area contributed by atoms with E-state index in [1.807, 2.05) is 0 Å². The van der Waals surface area contributed by atoms with E-state index in [0.29, 0.717) is 11.4 Å². The van der Waals surface area contributed by atoms with E-state index in [1.165, 1.54) is 18.3 Å². The number of aliphatic carboxylic acids is 1. The zero-order chi connectivity index (χ0) is 9.68. The van der Waals surface area contributed by atoms with E-state index in [4.69, 9.17) is 10.6 Å². The van der Waals surface area contributed by atoms with Crippen LogP contribution in [0.5, 0.6) is 0 Å². The third-order valence-electron chi connectivity index (χ3n) is 1.30. The summed E-state index contributed by atoms with van der Waals surface area (Å²) >= 11 is 0. The summed E-state index contributed by atoms with van der Waals surface area (Å²) in [7, 11) is 0. The number of carbonyl (C=O) groups is 1. The summed E-state index contributed by atoms with van der Waals surface area (Å²) in [5.41, 5.74) is 7.30. The van der Waals surface area contributed by atoms with Gasteiger partial charge in [0, 0.05) is 12.3 Å². The maximum Gasteiger partial charge on any atom is 0.328 e. The van der Waals surface area contributed by atoms with Crippen molar-refractivity contribution in [1.29, 1.82) is 5.53 Å². The molecule has 2 N–H and O–H groups in total. The Morgan fingerprint density at radius 3 is 2.85 bits per heavy atom. The zero-order valence-corrected chi connectivity index (χ0v) is 6.64. The van der Waals surface area contributed by atoms with Gasteiger partial charge in [0.2, 0.25) is 0 Å². The number of carboxylic acid groups (broad SMARTS) is 1. The van der Waals surface area contributed by atoms with Crippen LogP contribution in [0, 0.1) is 5.53 Å². The van der Waals surface area contributed by atoms with Gasteiger partial charge < -0.3 is 5.11 Å². The van der Waals surface area contributed by atoms with Crippen LogP contribution in [0.2, 0.25) is 0 Å². The van der Waals surface area contributed by atoms with Gasteiger partial charge in [0.05, 0.1) is 0 Å². The van der Waals surface area contributed by atoms with Gasteiger partial charge in [0.1, 0.15) is 0 Å². The van der Waals surface area contributed by atoms with Gasteiger partial charge in [-0.3, -0.25) is 0 Å². The predicted molar refractivity (Wildman–Crippen MR) is 45.7 cm³/mol. The minimum Gasteiger partial charge on any atom is -0.478 e. The third-order valence-corrected chi connectivity index (χ3v) is 1.30. The van der Waals surface area contributed by atoms with E-state index in [2.05, 4.69) is 10.1 Å². The average Bonchev–Trinajstić information content (AvgIpc) is 2.15. The highest BCUT2D eigenvalue weighted by Crippen LogP contribution is 2.08. The van der Waals surface area contributed by atoms with Crippen LogP contribution in [-0.2, 0) is 4.79 Å². The number of nitrogens with one attached hydrogen (secondary N) is 1. The Balaban J connectivity index is 2.80. The van der Waals surface area contributed by atoms with Gasteiger partial charge in [-0.25, -0.2) is 15.3 Å². The Kier molecular flexibility index (Phi) is 2.86. The second kappa shape index (κ2) is 4.10. The van der Waals surface area contributed by atoms with E-state index in [-0.39, 0.29) is 0 Å². The van der Waals surface area contributed by atoms with Crippen LogP contribution >= 0.6 is 0 Å². The van der Waals surface area contributed by atoms with Crippen molar-refractivity contribution in [3.63, 3.8) is 0 Å². The van der Waals surface area contributed by atoms with Crippen molar-refractivity contribution in [1.82, 2.24) is 4.98 Å². The Bertz CT molecular complexity index is 343. The van der Waals surface area contributed by atoms with Crippen LogP contribution in [0.4, 0.5) is 5.82 Å². The quantitative estimate of drug-likeness (QED) is 0.545. The fourth-order valence-corrected chi connectivity index (χ4v) is 0.730. The number of hydrogen-bond acceptors (Lipinski definition) is 4. The SMILES string of the molecule is N=Nc1ccc(C=CC(=O)O)cn1. The second-order valence-electron chi connectivity index (χ2n) is 2.23. The molecule has 0 saturated heterocycles. The molecule has 1 rings (SSSR count). The molecule has 0 atom stereocenters. The third kappa shape index (κ3) is 2.82. The van der Waals surface area contributed by atoms with E-state index in [0.717, 1.165) is 6.08 Å². The maximum absolute atomic E-state index is 10.1. The smallest absolute Gasteiger partial charge is 0.328 e. The lowest BCUT2D eigenvalue weighted by Crippen LogP contribution is -1.85. The Morgan fingerprint density at radius 2 is 2.38 bits per heavy atom. The standard InChI is InChI=1S/C8H7N3O2/c9-11-7-3-1-6(5-10-7)2-4-8(12)13/h1-5,9H,(H,12,13). The van der Waals surface area contributed by atoms with Crippen LogP contribution in [0.25, 0.3) is 6.08 Å². The first-order chi connectivity index (χ1) is 6.22. The van der Waals surface area contributed by atoms with E-state index < -0.39 is 5.97 Å². The largest absolute Gasteiger partial charge is 0.478 e. The van der Waals surface area contributed by atoms with E-state index in [9.17, 15) is 4.79 Å². The molecule has 0 aliphatic rings. The topological polar surface area (TPSA) is 86.4 Å². The molecule has 0 amide bonds. The lowest BCUT2D eigenvalue weighted by atomic mass is 10.2. The molecule has 0 aliphatic heterocycles. The van der Waals surface area contributed by atoms with Crippen molar-refractivity contribution >= 4 is 17.9 Å². The molecule has 1 heterocycles. The fourth-order valence-electron chi connectivity index (χ4n) is 0.730. The van der Waals surface area contributed by atoms with Gasteiger partial charge in [-0.1, -0.05) is 0 Å². The molecule has 5 heteroatoms. The van der Waals surface area contributed by atoms with Crippen LogP contribution in [0.15, 0.2) is 29.5 Å². The van der Waals surface area contributed by atoms with Gasteiger partial charge in [0.15, 0.2) is 5.82 Å². The Morgan fingerprint density at radius 1 is 1.62 bits per heavy atom. The summed E-state index contributed by atoms with van der Waals surface area (Å²) in [5.74, 6) is -0.707. The van der Waals surface area contributed by atoms with Crippen molar-refractivity contribution in [2.24, 2.45) is 5.11 Å². The second-order valence-corrected chi connectivity index (χ2v) is 2.23. The van der Waals surface area contributed by atoms with Crippen molar-refractivity contribution in [2.45, 2.75) is 0 Å². The molecule has 1 aromatic rings. The molecule has 0 unspecified atom stereocenters. The van der Waals surface area contributed by atoms with Crippen molar-refractivity contribution in [3.8, 4) is 0 Å². The minimum atomic E-state index is -1.01. The Hall–Kier alpha value is -2.04. The summed E-state index contributed by atoms with van der Waals surface area (Å²) < 4.78 is 0. The molecule has 13 heavy (non-hydrogen) atoms. The molecule has 5 nitrogen and oxygen atoms in total. The predicted octanol–water partition coefficient (Wildman–Crippen LogP) is 1.84. The molecule has 66 valence electrons. The molecule has 0 spiro atoms. The van der Waals surface area contributed by atoms with Crippen LogP contribution in [-0.4, -0.2) is 16.1 Å². The first-order valence-corrected chi connectivity index (χ1v) is 3.47. The molecule has 0 saturated carbocycles. The lowest BCUT2D eigenvalue weighted by Gasteiger charge is -1.91. The van der Waals surface area contributed by atoms with Gasteiger partial charge >= 0.3 is 5.97 Å². The maximum atomic E-state index is 10.1. The van der Waals surface area contributed by atoms with Crippen molar-refractivity contribution in [2.75, 3.05) is 0 Å². The average molecular weight is 177 g/mol. The molecule has 0 fully saturated rings. The normalized spacial score (nSPS) is 10.2. The van der Waals surface area contributed by atoms with E-state index >= 15 is 0 Å². The fraction of sp³-hybridized carbons (Fsp3) is 0. The highest BCUT2D eigenvalue weighted by atomic mass is 16.4. The number of hydrogen-bond donors (Lipinski definition) is 2. The number of aromatic nitrogens is 1. The zero-order valence-electron chi connectivity index (χ0n) is 6.64. The summed E-state index contributed by atoms with van der Waals surface area (Å²) in [6.45, 7) is 0. The van der Waals surface area contributed by atoms with Gasteiger partial charge in [-0.2, -0.15) is 0 Å². The van der Waals surface area contributed by atoms with E-state index in [1.54, 1.807) is 6.07 Å². The van der Waals surface area contributed by atoms with Crippen molar-refractivity contribution in [3.05, 3.63) is 30.0 Å². The molecule has 1 aromatic heterocycles. The molecular formula is C8H7N3O2. The van der Waals surface area contributed by atoms with Crippen LogP contribution < -0.4 is 0 Å². The Labute approximate surface area is 74.2 Å². The number of carboxylic acids is 1. The molecule has 0 aliphatic carbocycles. The minimum absolute atomic E-state index is 0.299. The summed E-state index contributed by atoms with van der Waals surface area (Å²) in [5, 5.41) is 11.4. The summed E-state index contributed by atoms with van der Waals surface area (Å²) in [6, 6.07) is 3.17. The molecule has 0 bridgehead atoms. The number of rotatable bonds is 3. The first kappa shape index (κ1) is 9.05. The van der Waals surface area contributed by atoms with Crippen LogP contribution in [0.1, 0.15) is 5.56 Å². The van der Waals surface area contributed by atoms with Crippen LogP contribution in [0.3, 0.4) is 0 Å². The first-order valence-electron chi connectivity index (χ1n) is 3.47. The van der Waals surface area contributed by atoms with Gasteiger partial charge in [0.25, 0.3) is 0 Å². The van der Waals surface area contributed by atoms with Gasteiger partial charge in [-0.15, -0.1) is 5.11 Å². The lowest BCUT2D eigenvalue weighted by molar-refractivity contribution is -0.131. The number of nitrogens with zero attached hydrogens (tertiary/aromatic N) is 2. The highest BCUT2D eigenvalue weighted by Gasteiger charge is 1.91. The van der Waals surface area contributed by atoms with Crippen molar-refractivity contribution < 1.29 is 9.90 Å². The summed E-state index contributed by atoms with van der Waals surface area (Å²) in [6.07, 6.45) is 3.89. The summed E-state index contributed by atoms with van der Waals surface area (Å²) in [4.78, 5) is 13.9.